The van der Waals surface area contributed by atoms with E-state index in [1.807, 2.05) is 32.9 Å². The summed E-state index contributed by atoms with van der Waals surface area (Å²) >= 11 is 0. The van der Waals surface area contributed by atoms with Crippen LogP contribution in [-0.2, 0) is 16.6 Å². The van der Waals surface area contributed by atoms with Gasteiger partial charge in [-0.05, 0) is 36.9 Å². The van der Waals surface area contributed by atoms with Gasteiger partial charge in [0, 0.05) is 12.6 Å². The molecule has 0 heterocycles. The van der Waals surface area contributed by atoms with Crippen LogP contribution in [0.5, 0.6) is 0 Å². The van der Waals surface area contributed by atoms with Gasteiger partial charge in [0.2, 0.25) is 10.0 Å². The Kier molecular flexibility index (Phi) is 7.35. The zero-order valence-corrected chi connectivity index (χ0v) is 14.3. The summed E-state index contributed by atoms with van der Waals surface area (Å²) in [6, 6.07) is 7.16. The van der Waals surface area contributed by atoms with Crippen LogP contribution in [0, 0.1) is 5.92 Å². The van der Waals surface area contributed by atoms with Gasteiger partial charge in [-0.2, -0.15) is 0 Å². The maximum absolute atomic E-state index is 12.6. The van der Waals surface area contributed by atoms with E-state index < -0.39 is 10.0 Å². The molecule has 1 rings (SSSR count). The van der Waals surface area contributed by atoms with Crippen LogP contribution in [0.4, 0.5) is 0 Å². The largest absolute Gasteiger partial charge is 0.313 e. The summed E-state index contributed by atoms with van der Waals surface area (Å²) in [5.41, 5.74) is 0.817. The van der Waals surface area contributed by atoms with E-state index in [1.54, 1.807) is 12.1 Å². The first-order valence-electron chi connectivity index (χ1n) is 7.73. The molecule has 0 aromatic heterocycles. The summed E-state index contributed by atoms with van der Waals surface area (Å²) in [6.07, 6.45) is 1.81. The SMILES string of the molecule is CCCNCc1ccccc1S(=O)(=O)NC(CC)C(C)C. The molecule has 120 valence electrons. The van der Waals surface area contributed by atoms with Crippen LogP contribution in [0.2, 0.25) is 0 Å². The van der Waals surface area contributed by atoms with Gasteiger partial charge in [0.25, 0.3) is 0 Å². The lowest BCUT2D eigenvalue weighted by molar-refractivity contribution is 0.437. The van der Waals surface area contributed by atoms with E-state index in [1.165, 1.54) is 0 Å². The van der Waals surface area contributed by atoms with Crippen molar-refractivity contribution in [2.24, 2.45) is 5.92 Å². The van der Waals surface area contributed by atoms with Crippen molar-refractivity contribution < 1.29 is 8.42 Å². The summed E-state index contributed by atoms with van der Waals surface area (Å²) in [7, 11) is -3.47. The Morgan fingerprint density at radius 2 is 1.81 bits per heavy atom. The molecule has 0 saturated carbocycles. The highest BCUT2D eigenvalue weighted by Crippen LogP contribution is 2.17. The maximum Gasteiger partial charge on any atom is 0.241 e. The first-order valence-corrected chi connectivity index (χ1v) is 9.21. The smallest absolute Gasteiger partial charge is 0.241 e. The third-order valence-corrected chi connectivity index (χ3v) is 5.15. The van der Waals surface area contributed by atoms with Gasteiger partial charge < -0.3 is 5.32 Å². The number of sulfonamides is 1. The molecular formula is C16H28N2O2S. The lowest BCUT2D eigenvalue weighted by Gasteiger charge is -2.21. The first-order chi connectivity index (χ1) is 9.92. The van der Waals surface area contributed by atoms with Gasteiger partial charge in [0.1, 0.15) is 0 Å². The second-order valence-corrected chi connectivity index (χ2v) is 7.35. The molecule has 0 saturated heterocycles. The Bertz CT molecular complexity index is 527. The van der Waals surface area contributed by atoms with E-state index in [4.69, 9.17) is 0 Å². The van der Waals surface area contributed by atoms with E-state index in [9.17, 15) is 8.42 Å². The Labute approximate surface area is 129 Å². The molecule has 0 aliphatic rings. The minimum absolute atomic E-state index is 0.0355. The monoisotopic (exact) mass is 312 g/mol. The summed E-state index contributed by atoms with van der Waals surface area (Å²) < 4.78 is 28.1. The van der Waals surface area contributed by atoms with Crippen LogP contribution >= 0.6 is 0 Å². The number of hydrogen-bond acceptors (Lipinski definition) is 3. The van der Waals surface area contributed by atoms with Crippen LogP contribution < -0.4 is 10.0 Å². The molecule has 2 N–H and O–H groups in total. The Morgan fingerprint density at radius 3 is 2.38 bits per heavy atom. The Hall–Kier alpha value is -0.910. The van der Waals surface area contributed by atoms with Crippen molar-refractivity contribution in [1.29, 1.82) is 0 Å². The van der Waals surface area contributed by atoms with Crippen LogP contribution in [0.1, 0.15) is 46.1 Å². The molecule has 0 amide bonds. The van der Waals surface area contributed by atoms with Crippen LogP contribution in [0.15, 0.2) is 29.2 Å². The lowest BCUT2D eigenvalue weighted by atomic mass is 10.0. The van der Waals surface area contributed by atoms with Gasteiger partial charge in [-0.1, -0.05) is 45.9 Å². The zero-order chi connectivity index (χ0) is 15.9. The number of hydrogen-bond donors (Lipinski definition) is 2. The van der Waals surface area contributed by atoms with Crippen molar-refractivity contribution in [3.8, 4) is 0 Å². The number of nitrogens with one attached hydrogen (secondary N) is 2. The van der Waals surface area contributed by atoms with E-state index in [0.29, 0.717) is 11.4 Å². The fourth-order valence-corrected chi connectivity index (χ4v) is 3.97. The predicted molar refractivity (Wildman–Crippen MR) is 87.7 cm³/mol. The standard InChI is InChI=1S/C16H28N2O2S/c1-5-11-17-12-14-9-7-8-10-16(14)21(19,20)18-15(6-2)13(3)4/h7-10,13,15,17-18H,5-6,11-12H2,1-4H3. The van der Waals surface area contributed by atoms with Crippen LogP contribution in [-0.4, -0.2) is 21.0 Å². The molecule has 0 aliphatic heterocycles. The highest BCUT2D eigenvalue weighted by atomic mass is 32.2. The van der Waals surface area contributed by atoms with E-state index >= 15 is 0 Å². The van der Waals surface area contributed by atoms with E-state index in [-0.39, 0.29) is 12.0 Å². The molecule has 1 aromatic carbocycles. The predicted octanol–water partition coefficient (Wildman–Crippen LogP) is 2.90. The third-order valence-electron chi connectivity index (χ3n) is 3.56. The van der Waals surface area contributed by atoms with Gasteiger partial charge in [-0.3, -0.25) is 0 Å². The highest BCUT2D eigenvalue weighted by Gasteiger charge is 2.23. The second kappa shape index (κ2) is 8.51. The molecule has 0 aliphatic carbocycles. The summed E-state index contributed by atoms with van der Waals surface area (Å²) in [4.78, 5) is 0.382. The summed E-state index contributed by atoms with van der Waals surface area (Å²) in [5, 5.41) is 3.26. The van der Waals surface area contributed by atoms with Crippen molar-refractivity contribution in [3.05, 3.63) is 29.8 Å². The number of rotatable bonds is 9. The van der Waals surface area contributed by atoms with Crippen molar-refractivity contribution in [2.75, 3.05) is 6.54 Å². The summed E-state index contributed by atoms with van der Waals surface area (Å²) in [5.74, 6) is 0.273. The molecule has 4 nitrogen and oxygen atoms in total. The Morgan fingerprint density at radius 1 is 1.14 bits per heavy atom. The molecule has 1 unspecified atom stereocenters. The highest BCUT2D eigenvalue weighted by molar-refractivity contribution is 7.89. The Balaban J connectivity index is 2.97. The van der Waals surface area contributed by atoms with Gasteiger partial charge in [0.15, 0.2) is 0 Å². The quantitative estimate of drug-likeness (QED) is 0.689. The lowest BCUT2D eigenvalue weighted by Crippen LogP contribution is -2.38. The molecule has 21 heavy (non-hydrogen) atoms. The normalized spacial score (nSPS) is 13.6. The average Bonchev–Trinajstić information content (AvgIpc) is 2.45. The third kappa shape index (κ3) is 5.41. The van der Waals surface area contributed by atoms with E-state index in [0.717, 1.165) is 24.9 Å². The number of benzene rings is 1. The van der Waals surface area contributed by atoms with Crippen molar-refractivity contribution in [3.63, 3.8) is 0 Å². The van der Waals surface area contributed by atoms with Crippen LogP contribution in [0.25, 0.3) is 0 Å². The molecule has 1 atom stereocenters. The molecule has 0 bridgehead atoms. The maximum atomic E-state index is 12.6. The average molecular weight is 312 g/mol. The summed E-state index contributed by atoms with van der Waals surface area (Å²) in [6.45, 7) is 9.61. The molecule has 0 spiro atoms. The molecular weight excluding hydrogens is 284 g/mol. The molecule has 1 aromatic rings. The van der Waals surface area contributed by atoms with E-state index in [2.05, 4.69) is 17.0 Å². The van der Waals surface area contributed by atoms with Gasteiger partial charge in [-0.25, -0.2) is 13.1 Å². The fourth-order valence-electron chi connectivity index (χ4n) is 2.27. The molecule has 0 radical (unpaired) electrons. The van der Waals surface area contributed by atoms with Gasteiger partial charge >= 0.3 is 0 Å². The van der Waals surface area contributed by atoms with Gasteiger partial charge in [0.05, 0.1) is 4.90 Å². The second-order valence-electron chi connectivity index (χ2n) is 5.66. The van der Waals surface area contributed by atoms with Crippen LogP contribution in [0.3, 0.4) is 0 Å². The molecule has 0 fully saturated rings. The topological polar surface area (TPSA) is 58.2 Å². The van der Waals surface area contributed by atoms with Gasteiger partial charge in [-0.15, -0.1) is 0 Å². The minimum Gasteiger partial charge on any atom is -0.313 e. The minimum atomic E-state index is -3.47. The van der Waals surface area contributed by atoms with Crippen molar-refractivity contribution >= 4 is 10.0 Å². The van der Waals surface area contributed by atoms with Crippen molar-refractivity contribution in [1.82, 2.24) is 10.0 Å². The first kappa shape index (κ1) is 18.1. The van der Waals surface area contributed by atoms with Crippen molar-refractivity contribution in [2.45, 2.75) is 58.0 Å². The molecule has 5 heteroatoms. The zero-order valence-electron chi connectivity index (χ0n) is 13.5. The fraction of sp³-hybridized carbons (Fsp3) is 0.625.